The molecule has 0 bridgehead atoms. The van der Waals surface area contributed by atoms with Gasteiger partial charge in [-0.25, -0.2) is 4.99 Å². The molecular weight excluding hydrogens is 355 g/mol. The number of carbonyl (C=O) groups excluding carboxylic acids is 2. The molecule has 24 heavy (non-hydrogen) atoms. The summed E-state index contributed by atoms with van der Waals surface area (Å²) in [6, 6.07) is 4.00. The lowest BCUT2D eigenvalue weighted by Crippen LogP contribution is -2.46. The molecule has 0 aliphatic carbocycles. The monoisotopic (exact) mass is 370 g/mol. The number of aliphatic imine (C=N–C) groups is 1. The number of amides is 2. The third kappa shape index (κ3) is 4.17. The number of halogens is 2. The summed E-state index contributed by atoms with van der Waals surface area (Å²) >= 11 is 11.8. The van der Waals surface area contributed by atoms with Crippen LogP contribution in [0.2, 0.25) is 10.0 Å². The van der Waals surface area contributed by atoms with Crippen LogP contribution in [0.3, 0.4) is 0 Å². The number of ether oxygens (including phenoxy) is 1. The predicted octanol–water partition coefficient (Wildman–Crippen LogP) is 1.51. The molecule has 0 aromatic heterocycles. The van der Waals surface area contributed by atoms with Crippen LogP contribution >= 0.6 is 23.2 Å². The molecule has 0 saturated carbocycles. The first-order valence-electron chi connectivity index (χ1n) is 7.48. The summed E-state index contributed by atoms with van der Waals surface area (Å²) < 4.78 is 5.27. The zero-order valence-corrected chi connectivity index (χ0v) is 14.2. The maximum absolute atomic E-state index is 12.1. The zero-order chi connectivity index (χ0) is 17.1. The van der Waals surface area contributed by atoms with Gasteiger partial charge in [0.1, 0.15) is 6.04 Å². The van der Waals surface area contributed by atoms with Crippen molar-refractivity contribution >= 4 is 46.7 Å². The van der Waals surface area contributed by atoms with E-state index in [1.807, 2.05) is 4.90 Å². The first-order chi connectivity index (χ1) is 11.5. The molecule has 2 aliphatic rings. The number of guanidine groups is 1. The molecule has 3 rings (SSSR count). The third-order valence-electron chi connectivity index (χ3n) is 3.65. The van der Waals surface area contributed by atoms with Gasteiger partial charge in [-0.05, 0) is 18.2 Å². The standard InChI is InChI=1S/C15H16Cl2N4O3/c16-9-5-10(17)7-11(6-9)18-13(22)8-12-14(23)20-15(19-12)21-1-3-24-4-2-21/h5-7,12H,1-4,8H2,(H,18,22)(H,19,20,23)/t12-/m0/s1. The van der Waals surface area contributed by atoms with Gasteiger partial charge in [0, 0.05) is 28.8 Å². The molecule has 1 atom stereocenters. The van der Waals surface area contributed by atoms with Gasteiger partial charge in [0.05, 0.1) is 19.6 Å². The first-order valence-corrected chi connectivity index (χ1v) is 8.24. The molecule has 1 saturated heterocycles. The summed E-state index contributed by atoms with van der Waals surface area (Å²) in [6.07, 6.45) is -0.0518. The van der Waals surface area contributed by atoms with E-state index in [0.717, 1.165) is 0 Å². The van der Waals surface area contributed by atoms with E-state index in [1.165, 1.54) is 0 Å². The van der Waals surface area contributed by atoms with Crippen LogP contribution in [-0.2, 0) is 14.3 Å². The van der Waals surface area contributed by atoms with Crippen molar-refractivity contribution in [1.82, 2.24) is 10.2 Å². The van der Waals surface area contributed by atoms with E-state index in [2.05, 4.69) is 15.6 Å². The summed E-state index contributed by atoms with van der Waals surface area (Å²) in [5.41, 5.74) is 0.480. The van der Waals surface area contributed by atoms with Crippen molar-refractivity contribution in [2.45, 2.75) is 12.5 Å². The largest absolute Gasteiger partial charge is 0.378 e. The Kier molecular flexibility index (Phi) is 5.23. The molecule has 2 amide bonds. The molecule has 0 spiro atoms. The molecule has 0 radical (unpaired) electrons. The van der Waals surface area contributed by atoms with Crippen molar-refractivity contribution in [2.24, 2.45) is 4.99 Å². The van der Waals surface area contributed by atoms with Crippen molar-refractivity contribution in [3.63, 3.8) is 0 Å². The lowest BCUT2D eigenvalue weighted by Gasteiger charge is -2.27. The smallest absolute Gasteiger partial charge is 0.252 e. The molecule has 2 heterocycles. The molecule has 2 N–H and O–H groups in total. The minimum atomic E-state index is -0.738. The average Bonchev–Trinajstić information content (AvgIpc) is 2.88. The van der Waals surface area contributed by atoms with E-state index in [-0.39, 0.29) is 18.2 Å². The second-order valence-electron chi connectivity index (χ2n) is 5.47. The molecule has 128 valence electrons. The van der Waals surface area contributed by atoms with E-state index < -0.39 is 6.04 Å². The van der Waals surface area contributed by atoms with E-state index in [9.17, 15) is 9.59 Å². The highest BCUT2D eigenvalue weighted by molar-refractivity contribution is 6.35. The Labute approximate surface area is 149 Å². The van der Waals surface area contributed by atoms with Crippen LogP contribution in [0, 0.1) is 0 Å². The van der Waals surface area contributed by atoms with Gasteiger partial charge >= 0.3 is 0 Å². The van der Waals surface area contributed by atoms with Crippen molar-refractivity contribution in [2.75, 3.05) is 31.6 Å². The minimum absolute atomic E-state index is 0.0518. The van der Waals surface area contributed by atoms with Crippen LogP contribution in [0.1, 0.15) is 6.42 Å². The van der Waals surface area contributed by atoms with E-state index in [4.69, 9.17) is 27.9 Å². The number of hydrogen-bond donors (Lipinski definition) is 2. The lowest BCUT2D eigenvalue weighted by atomic mass is 10.2. The highest BCUT2D eigenvalue weighted by Gasteiger charge is 2.31. The van der Waals surface area contributed by atoms with Gasteiger partial charge in [0.25, 0.3) is 5.91 Å². The summed E-state index contributed by atoms with van der Waals surface area (Å²) in [7, 11) is 0. The number of hydrogen-bond acceptors (Lipinski definition) is 5. The normalized spacial score (nSPS) is 20.6. The van der Waals surface area contributed by atoms with Crippen LogP contribution in [0.4, 0.5) is 5.69 Å². The van der Waals surface area contributed by atoms with Gasteiger partial charge in [-0.1, -0.05) is 23.2 Å². The molecule has 2 aliphatic heterocycles. The summed E-state index contributed by atoms with van der Waals surface area (Å²) in [6.45, 7) is 2.52. The second-order valence-corrected chi connectivity index (χ2v) is 6.34. The average molecular weight is 371 g/mol. The quantitative estimate of drug-likeness (QED) is 0.844. The third-order valence-corrected chi connectivity index (χ3v) is 4.09. The zero-order valence-electron chi connectivity index (χ0n) is 12.7. The first kappa shape index (κ1) is 17.0. The molecular formula is C15H16Cl2N4O3. The number of benzene rings is 1. The maximum atomic E-state index is 12.1. The Bertz CT molecular complexity index is 669. The number of nitrogens with zero attached hydrogens (tertiary/aromatic N) is 2. The number of rotatable bonds is 3. The van der Waals surface area contributed by atoms with Crippen LogP contribution in [0.5, 0.6) is 0 Å². The Morgan fingerprint density at radius 1 is 1.29 bits per heavy atom. The van der Waals surface area contributed by atoms with E-state index >= 15 is 0 Å². The Hall–Kier alpha value is -1.83. The van der Waals surface area contributed by atoms with Crippen molar-refractivity contribution in [1.29, 1.82) is 0 Å². The van der Waals surface area contributed by atoms with Crippen molar-refractivity contribution in [3.05, 3.63) is 28.2 Å². The second kappa shape index (κ2) is 7.38. The fraction of sp³-hybridized carbons (Fsp3) is 0.400. The Morgan fingerprint density at radius 2 is 1.96 bits per heavy atom. The topological polar surface area (TPSA) is 83.0 Å². The van der Waals surface area contributed by atoms with Crippen LogP contribution < -0.4 is 10.6 Å². The molecule has 1 aromatic rings. The fourth-order valence-corrected chi connectivity index (χ4v) is 3.05. The lowest BCUT2D eigenvalue weighted by molar-refractivity contribution is -0.124. The summed E-state index contributed by atoms with van der Waals surface area (Å²) in [4.78, 5) is 30.4. The van der Waals surface area contributed by atoms with Gasteiger partial charge in [-0.3, -0.25) is 14.9 Å². The van der Waals surface area contributed by atoms with Crippen molar-refractivity contribution < 1.29 is 14.3 Å². The van der Waals surface area contributed by atoms with Crippen LogP contribution in [0.15, 0.2) is 23.2 Å². The Morgan fingerprint density at radius 3 is 2.62 bits per heavy atom. The number of nitrogens with one attached hydrogen (secondary N) is 2. The number of morpholine rings is 1. The fourth-order valence-electron chi connectivity index (χ4n) is 2.52. The van der Waals surface area contributed by atoms with Crippen LogP contribution in [-0.4, -0.2) is 55.0 Å². The summed E-state index contributed by atoms with van der Waals surface area (Å²) in [5.74, 6) is -0.108. The number of anilines is 1. The van der Waals surface area contributed by atoms with E-state index in [0.29, 0.717) is 48.0 Å². The van der Waals surface area contributed by atoms with Gasteiger partial charge < -0.3 is 15.0 Å². The predicted molar refractivity (Wildman–Crippen MR) is 91.5 cm³/mol. The van der Waals surface area contributed by atoms with Crippen LogP contribution in [0.25, 0.3) is 0 Å². The Balaban J connectivity index is 1.61. The highest BCUT2D eigenvalue weighted by Crippen LogP contribution is 2.22. The molecule has 1 aromatic carbocycles. The molecule has 7 nitrogen and oxygen atoms in total. The molecule has 1 fully saturated rings. The SMILES string of the molecule is O=C(C[C@@H]1N=C(N2CCOCC2)NC1=O)Nc1cc(Cl)cc(Cl)c1. The van der Waals surface area contributed by atoms with Gasteiger partial charge in [0.15, 0.2) is 0 Å². The van der Waals surface area contributed by atoms with Gasteiger partial charge in [-0.2, -0.15) is 0 Å². The van der Waals surface area contributed by atoms with Crippen molar-refractivity contribution in [3.8, 4) is 0 Å². The van der Waals surface area contributed by atoms with E-state index in [1.54, 1.807) is 18.2 Å². The molecule has 9 heteroatoms. The number of carbonyl (C=O) groups is 2. The summed E-state index contributed by atoms with van der Waals surface area (Å²) in [5, 5.41) is 6.24. The minimum Gasteiger partial charge on any atom is -0.378 e. The van der Waals surface area contributed by atoms with Gasteiger partial charge in [0.2, 0.25) is 11.9 Å². The molecule has 0 unspecified atom stereocenters. The van der Waals surface area contributed by atoms with Gasteiger partial charge in [-0.15, -0.1) is 0 Å². The highest BCUT2D eigenvalue weighted by atomic mass is 35.5. The maximum Gasteiger partial charge on any atom is 0.252 e.